The summed E-state index contributed by atoms with van der Waals surface area (Å²) in [5.74, 6) is 0.465. The van der Waals surface area contributed by atoms with Crippen LogP contribution in [0.4, 0.5) is 0 Å². The maximum atomic E-state index is 12.1. The highest BCUT2D eigenvalue weighted by Crippen LogP contribution is 2.32. The first-order valence-corrected chi connectivity index (χ1v) is 7.71. The topological polar surface area (TPSA) is 26.3 Å². The predicted molar refractivity (Wildman–Crippen MR) is 85.1 cm³/mol. The summed E-state index contributed by atoms with van der Waals surface area (Å²) in [7, 11) is 0. The zero-order valence-corrected chi connectivity index (χ0v) is 13.9. The first kappa shape index (κ1) is 15.6. The van der Waals surface area contributed by atoms with Gasteiger partial charge in [0.25, 0.3) is 0 Å². The first-order valence-electron chi connectivity index (χ1n) is 5.76. The Balaban J connectivity index is 2.13. The van der Waals surface area contributed by atoms with E-state index in [1.54, 1.807) is 18.2 Å². The standard InChI is InChI=1S/C14H11Cl3O2S/c1-7-3-9(15)4-8(2)13(7)19-6-11(18)10-5-12(16)20-14(10)17/h3-5H,6H2,1-2H3. The summed E-state index contributed by atoms with van der Waals surface area (Å²) in [4.78, 5) is 12.1. The number of benzene rings is 1. The van der Waals surface area contributed by atoms with Gasteiger partial charge in [-0.25, -0.2) is 0 Å². The maximum Gasteiger partial charge on any atom is 0.202 e. The van der Waals surface area contributed by atoms with Crippen molar-refractivity contribution in [3.05, 3.63) is 48.6 Å². The number of carbonyl (C=O) groups is 1. The molecule has 0 unspecified atom stereocenters. The van der Waals surface area contributed by atoms with Gasteiger partial charge in [-0.1, -0.05) is 34.8 Å². The molecule has 0 aliphatic heterocycles. The summed E-state index contributed by atoms with van der Waals surface area (Å²) in [5.41, 5.74) is 2.17. The molecule has 0 fully saturated rings. The van der Waals surface area contributed by atoms with Crippen LogP contribution < -0.4 is 4.74 Å². The van der Waals surface area contributed by atoms with Gasteiger partial charge in [0.15, 0.2) is 6.61 Å². The van der Waals surface area contributed by atoms with Crippen molar-refractivity contribution in [2.75, 3.05) is 6.61 Å². The Morgan fingerprint density at radius 2 is 1.75 bits per heavy atom. The van der Waals surface area contributed by atoms with E-state index < -0.39 is 0 Å². The molecule has 1 heterocycles. The van der Waals surface area contributed by atoms with Crippen molar-refractivity contribution < 1.29 is 9.53 Å². The molecule has 2 nitrogen and oxygen atoms in total. The van der Waals surface area contributed by atoms with Crippen LogP contribution >= 0.6 is 46.1 Å². The number of thiophene rings is 1. The van der Waals surface area contributed by atoms with Gasteiger partial charge in [0.05, 0.1) is 9.90 Å². The Labute approximate surface area is 136 Å². The van der Waals surface area contributed by atoms with Gasteiger partial charge in [-0.15, -0.1) is 11.3 Å². The number of hydrogen-bond donors (Lipinski definition) is 0. The van der Waals surface area contributed by atoms with Gasteiger partial charge in [-0.05, 0) is 43.2 Å². The van der Waals surface area contributed by atoms with Crippen LogP contribution in [0.15, 0.2) is 18.2 Å². The second-order valence-electron chi connectivity index (χ2n) is 4.32. The number of aryl methyl sites for hydroxylation is 2. The Morgan fingerprint density at radius 3 is 2.25 bits per heavy atom. The lowest BCUT2D eigenvalue weighted by atomic mass is 10.1. The monoisotopic (exact) mass is 348 g/mol. The molecule has 6 heteroatoms. The van der Waals surface area contributed by atoms with Crippen molar-refractivity contribution in [2.24, 2.45) is 0 Å². The van der Waals surface area contributed by atoms with Gasteiger partial charge in [0.1, 0.15) is 10.1 Å². The van der Waals surface area contributed by atoms with Gasteiger partial charge in [0, 0.05) is 5.02 Å². The summed E-state index contributed by atoms with van der Waals surface area (Å²) in [6.07, 6.45) is 0. The Morgan fingerprint density at radius 1 is 1.15 bits per heavy atom. The Kier molecular flexibility index (Phi) is 4.97. The predicted octanol–water partition coefficient (Wildman–Crippen LogP) is 5.59. The van der Waals surface area contributed by atoms with E-state index in [1.807, 2.05) is 13.8 Å². The molecule has 0 saturated heterocycles. The van der Waals surface area contributed by atoms with E-state index >= 15 is 0 Å². The minimum absolute atomic E-state index is 0.0872. The highest BCUT2D eigenvalue weighted by atomic mass is 35.5. The van der Waals surface area contributed by atoms with Crippen molar-refractivity contribution >= 4 is 51.9 Å². The third-order valence-corrected chi connectivity index (χ3v) is 4.44. The van der Waals surface area contributed by atoms with Crippen LogP contribution in [-0.2, 0) is 0 Å². The molecule has 0 saturated carbocycles. The molecule has 2 rings (SSSR count). The van der Waals surface area contributed by atoms with Crippen LogP contribution in [0.3, 0.4) is 0 Å². The van der Waals surface area contributed by atoms with E-state index in [2.05, 4.69) is 0 Å². The largest absolute Gasteiger partial charge is 0.485 e. The van der Waals surface area contributed by atoms with E-state index in [1.165, 1.54) is 0 Å². The van der Waals surface area contributed by atoms with Crippen molar-refractivity contribution in [1.82, 2.24) is 0 Å². The SMILES string of the molecule is Cc1cc(Cl)cc(C)c1OCC(=O)c1cc(Cl)sc1Cl. The van der Waals surface area contributed by atoms with Crippen molar-refractivity contribution in [3.8, 4) is 5.75 Å². The smallest absolute Gasteiger partial charge is 0.202 e. The number of carbonyl (C=O) groups excluding carboxylic acids is 1. The van der Waals surface area contributed by atoms with E-state index in [-0.39, 0.29) is 12.4 Å². The average molecular weight is 350 g/mol. The average Bonchev–Trinajstić information content (AvgIpc) is 2.66. The minimum atomic E-state index is -0.202. The minimum Gasteiger partial charge on any atom is -0.485 e. The van der Waals surface area contributed by atoms with Crippen LogP contribution in [0, 0.1) is 13.8 Å². The molecule has 2 aromatic rings. The lowest BCUT2D eigenvalue weighted by Crippen LogP contribution is -2.12. The molecule has 0 N–H and O–H groups in total. The highest BCUT2D eigenvalue weighted by Gasteiger charge is 2.16. The molecule has 1 aromatic carbocycles. The molecular weight excluding hydrogens is 339 g/mol. The summed E-state index contributed by atoms with van der Waals surface area (Å²) in [5, 5.41) is 0.645. The molecule has 0 atom stereocenters. The summed E-state index contributed by atoms with van der Waals surface area (Å²) < 4.78 is 6.46. The fourth-order valence-corrected chi connectivity index (χ4v) is 3.70. The number of ether oxygens (including phenoxy) is 1. The van der Waals surface area contributed by atoms with Gasteiger partial charge in [-0.2, -0.15) is 0 Å². The molecule has 0 aliphatic rings. The fourth-order valence-electron chi connectivity index (χ4n) is 1.87. The molecule has 0 aliphatic carbocycles. The van der Waals surface area contributed by atoms with Gasteiger partial charge in [-0.3, -0.25) is 4.79 Å². The van der Waals surface area contributed by atoms with Crippen LogP contribution in [0.5, 0.6) is 5.75 Å². The second kappa shape index (κ2) is 6.35. The lowest BCUT2D eigenvalue weighted by molar-refractivity contribution is 0.0921. The van der Waals surface area contributed by atoms with E-state index in [9.17, 15) is 4.79 Å². The van der Waals surface area contributed by atoms with E-state index in [4.69, 9.17) is 39.5 Å². The Bertz CT molecular complexity index is 641. The van der Waals surface area contributed by atoms with Crippen molar-refractivity contribution in [2.45, 2.75) is 13.8 Å². The Hall–Kier alpha value is -0.740. The fraction of sp³-hybridized carbons (Fsp3) is 0.214. The number of hydrogen-bond acceptors (Lipinski definition) is 3. The van der Waals surface area contributed by atoms with Crippen LogP contribution in [-0.4, -0.2) is 12.4 Å². The second-order valence-corrected chi connectivity index (χ2v) is 7.04. The molecule has 20 heavy (non-hydrogen) atoms. The molecular formula is C14H11Cl3O2S. The van der Waals surface area contributed by atoms with Crippen molar-refractivity contribution in [1.29, 1.82) is 0 Å². The third kappa shape index (κ3) is 3.47. The highest BCUT2D eigenvalue weighted by molar-refractivity contribution is 7.20. The van der Waals surface area contributed by atoms with Gasteiger partial charge >= 0.3 is 0 Å². The van der Waals surface area contributed by atoms with Gasteiger partial charge in [0.2, 0.25) is 5.78 Å². The van der Waals surface area contributed by atoms with Crippen LogP contribution in [0.25, 0.3) is 0 Å². The lowest BCUT2D eigenvalue weighted by Gasteiger charge is -2.11. The maximum absolute atomic E-state index is 12.1. The molecule has 106 valence electrons. The summed E-state index contributed by atoms with van der Waals surface area (Å²) >= 11 is 18.9. The van der Waals surface area contributed by atoms with E-state index in [0.29, 0.717) is 25.0 Å². The quantitative estimate of drug-likeness (QED) is 0.673. The molecule has 0 bridgehead atoms. The zero-order chi connectivity index (χ0) is 14.9. The number of ketones is 1. The third-order valence-electron chi connectivity index (χ3n) is 2.73. The summed E-state index contributed by atoms with van der Waals surface area (Å²) in [6.45, 7) is 3.68. The first-order chi connectivity index (χ1) is 9.38. The zero-order valence-electron chi connectivity index (χ0n) is 10.8. The van der Waals surface area contributed by atoms with Crippen LogP contribution in [0.1, 0.15) is 21.5 Å². The summed E-state index contributed by atoms with van der Waals surface area (Å²) in [6, 6.07) is 5.15. The molecule has 0 spiro atoms. The number of Topliss-reactive ketones (excluding diaryl/α,β-unsaturated/α-hetero) is 1. The van der Waals surface area contributed by atoms with Crippen LogP contribution in [0.2, 0.25) is 13.7 Å². The van der Waals surface area contributed by atoms with Gasteiger partial charge < -0.3 is 4.74 Å². The molecule has 1 aromatic heterocycles. The number of halogens is 3. The van der Waals surface area contributed by atoms with Crippen molar-refractivity contribution in [3.63, 3.8) is 0 Å². The normalized spacial score (nSPS) is 10.7. The number of rotatable bonds is 4. The van der Waals surface area contributed by atoms with E-state index in [0.717, 1.165) is 22.5 Å². The molecule has 0 amide bonds. The molecule has 0 radical (unpaired) electrons.